The summed E-state index contributed by atoms with van der Waals surface area (Å²) in [5.74, 6) is 6.01. The number of benzene rings is 1. The molecule has 84 valence electrons. The first-order chi connectivity index (χ1) is 8.34. The monoisotopic (exact) mass is 259 g/mol. The molecule has 0 atom stereocenters. The summed E-state index contributed by atoms with van der Waals surface area (Å²) < 4.78 is 0.766. The first-order valence-electron chi connectivity index (χ1n) is 5.14. The number of hydrogen-bond donors (Lipinski definition) is 0. The van der Waals surface area contributed by atoms with Gasteiger partial charge in [-0.2, -0.15) is 0 Å². The minimum atomic E-state index is 0.504. The van der Waals surface area contributed by atoms with Gasteiger partial charge in [0.2, 0.25) is 0 Å². The Morgan fingerprint density at radius 3 is 2.71 bits per heavy atom. The molecule has 2 rings (SSSR count). The van der Waals surface area contributed by atoms with Crippen molar-refractivity contribution >= 4 is 29.2 Å². The highest BCUT2D eigenvalue weighted by molar-refractivity contribution is 7.16. The summed E-state index contributed by atoms with van der Waals surface area (Å²) in [6.45, 7) is 0.504. The number of hydrogen-bond acceptors (Lipinski definition) is 2. The minimum Gasteiger partial charge on any atom is -0.280 e. The lowest BCUT2D eigenvalue weighted by Crippen LogP contribution is -1.81. The van der Waals surface area contributed by atoms with Gasteiger partial charge in [0.05, 0.1) is 9.21 Å². The topological polar surface area (TPSA) is 12.4 Å². The number of rotatable bonds is 2. The predicted octanol–water partition coefficient (Wildman–Crippen LogP) is 3.87. The van der Waals surface area contributed by atoms with Gasteiger partial charge in [-0.3, -0.25) is 4.99 Å². The van der Waals surface area contributed by atoms with Gasteiger partial charge in [-0.15, -0.1) is 11.3 Å². The van der Waals surface area contributed by atoms with E-state index in [-0.39, 0.29) is 0 Å². The largest absolute Gasteiger partial charge is 0.280 e. The third kappa shape index (κ3) is 4.07. The van der Waals surface area contributed by atoms with Crippen LogP contribution in [0.1, 0.15) is 10.4 Å². The Labute approximate surface area is 110 Å². The van der Waals surface area contributed by atoms with Gasteiger partial charge in [0, 0.05) is 6.21 Å². The van der Waals surface area contributed by atoms with E-state index in [9.17, 15) is 0 Å². The SMILES string of the molecule is Clc1ccc(C#CCN=Cc2ccccc2)s1. The summed E-state index contributed by atoms with van der Waals surface area (Å²) in [5.41, 5.74) is 1.09. The number of thiophene rings is 1. The lowest BCUT2D eigenvalue weighted by atomic mass is 10.2. The second-order valence-corrected chi connectivity index (χ2v) is 5.00. The molecular weight excluding hydrogens is 250 g/mol. The molecule has 3 heteroatoms. The maximum Gasteiger partial charge on any atom is 0.100 e. The van der Waals surface area contributed by atoms with Crippen molar-refractivity contribution in [3.8, 4) is 11.8 Å². The van der Waals surface area contributed by atoms with Crippen LogP contribution >= 0.6 is 22.9 Å². The van der Waals surface area contributed by atoms with Crippen LogP contribution in [0.5, 0.6) is 0 Å². The van der Waals surface area contributed by atoms with Gasteiger partial charge < -0.3 is 0 Å². The Morgan fingerprint density at radius 2 is 2.00 bits per heavy atom. The van der Waals surface area contributed by atoms with Crippen molar-refractivity contribution in [3.05, 3.63) is 57.2 Å². The maximum atomic E-state index is 5.80. The van der Waals surface area contributed by atoms with E-state index in [4.69, 9.17) is 11.6 Å². The van der Waals surface area contributed by atoms with Gasteiger partial charge >= 0.3 is 0 Å². The molecule has 0 fully saturated rings. The Balaban J connectivity index is 1.88. The van der Waals surface area contributed by atoms with Gasteiger partial charge in [-0.1, -0.05) is 53.8 Å². The summed E-state index contributed by atoms with van der Waals surface area (Å²) in [7, 11) is 0. The molecule has 0 N–H and O–H groups in total. The van der Waals surface area contributed by atoms with Crippen molar-refractivity contribution < 1.29 is 0 Å². The van der Waals surface area contributed by atoms with Gasteiger partial charge in [-0.25, -0.2) is 0 Å². The summed E-state index contributed by atoms with van der Waals surface area (Å²) in [4.78, 5) is 5.21. The van der Waals surface area contributed by atoms with Crippen molar-refractivity contribution in [1.29, 1.82) is 0 Å². The minimum absolute atomic E-state index is 0.504. The van der Waals surface area contributed by atoms with Crippen LogP contribution in [0.25, 0.3) is 0 Å². The van der Waals surface area contributed by atoms with Crippen LogP contribution in [-0.2, 0) is 0 Å². The average molecular weight is 260 g/mol. The molecule has 0 aliphatic carbocycles. The zero-order chi connectivity index (χ0) is 11.9. The van der Waals surface area contributed by atoms with Crippen LogP contribution in [0.15, 0.2) is 47.5 Å². The van der Waals surface area contributed by atoms with Gasteiger partial charge in [0.25, 0.3) is 0 Å². The van der Waals surface area contributed by atoms with E-state index >= 15 is 0 Å². The quantitative estimate of drug-likeness (QED) is 0.573. The van der Waals surface area contributed by atoms with Crippen LogP contribution in [-0.4, -0.2) is 12.8 Å². The van der Waals surface area contributed by atoms with Crippen molar-refractivity contribution in [2.24, 2.45) is 4.99 Å². The van der Waals surface area contributed by atoms with E-state index in [1.165, 1.54) is 11.3 Å². The fourth-order valence-electron chi connectivity index (χ4n) is 1.24. The molecule has 0 amide bonds. The number of halogens is 1. The molecular formula is C14H10ClNS. The van der Waals surface area contributed by atoms with Gasteiger partial charge in [-0.05, 0) is 17.7 Å². The van der Waals surface area contributed by atoms with Crippen molar-refractivity contribution in [1.82, 2.24) is 0 Å². The highest BCUT2D eigenvalue weighted by Gasteiger charge is 1.91. The number of aliphatic imine (C=N–C) groups is 1. The molecule has 0 radical (unpaired) electrons. The summed E-state index contributed by atoms with van der Waals surface area (Å²) in [6, 6.07) is 13.7. The summed E-state index contributed by atoms with van der Waals surface area (Å²) in [6.07, 6.45) is 1.83. The summed E-state index contributed by atoms with van der Waals surface area (Å²) >= 11 is 7.28. The standard InChI is InChI=1S/C14H10ClNS/c15-14-9-8-13(17-14)7-4-10-16-11-12-5-2-1-3-6-12/h1-3,5-6,8-9,11H,10H2. The Morgan fingerprint density at radius 1 is 1.18 bits per heavy atom. The second kappa shape index (κ2) is 6.24. The molecule has 0 saturated heterocycles. The fourth-order valence-corrected chi connectivity index (χ4v) is 2.16. The van der Waals surface area contributed by atoms with E-state index in [0.29, 0.717) is 6.54 Å². The first kappa shape index (κ1) is 11.9. The Bertz CT molecular complexity index is 561. The number of nitrogens with zero attached hydrogens (tertiary/aromatic N) is 1. The predicted molar refractivity (Wildman–Crippen MR) is 75.1 cm³/mol. The Kier molecular flexibility index (Phi) is 4.37. The molecule has 0 saturated carbocycles. The van der Waals surface area contributed by atoms with E-state index in [1.807, 2.05) is 48.7 Å². The van der Waals surface area contributed by atoms with Crippen LogP contribution in [0.2, 0.25) is 4.34 Å². The first-order valence-corrected chi connectivity index (χ1v) is 6.33. The zero-order valence-electron chi connectivity index (χ0n) is 9.06. The Hall–Kier alpha value is -1.56. The normalized spacial score (nSPS) is 10.2. The molecule has 0 bridgehead atoms. The smallest absolute Gasteiger partial charge is 0.100 e. The molecule has 1 aromatic heterocycles. The van der Waals surface area contributed by atoms with E-state index in [1.54, 1.807) is 0 Å². The maximum absolute atomic E-state index is 5.80. The molecule has 2 aromatic rings. The third-order valence-corrected chi connectivity index (χ3v) is 3.14. The van der Waals surface area contributed by atoms with Crippen molar-refractivity contribution in [2.75, 3.05) is 6.54 Å². The van der Waals surface area contributed by atoms with Gasteiger partial charge in [0.15, 0.2) is 0 Å². The molecule has 1 nitrogen and oxygen atoms in total. The zero-order valence-corrected chi connectivity index (χ0v) is 10.6. The lowest BCUT2D eigenvalue weighted by molar-refractivity contribution is 1.30. The van der Waals surface area contributed by atoms with Crippen LogP contribution < -0.4 is 0 Å². The molecule has 0 aliphatic heterocycles. The van der Waals surface area contributed by atoms with E-state index in [0.717, 1.165) is 14.8 Å². The highest BCUT2D eigenvalue weighted by Crippen LogP contribution is 2.19. The fraction of sp³-hybridized carbons (Fsp3) is 0.0714. The molecule has 0 unspecified atom stereocenters. The van der Waals surface area contributed by atoms with Crippen molar-refractivity contribution in [2.45, 2.75) is 0 Å². The highest BCUT2D eigenvalue weighted by atomic mass is 35.5. The summed E-state index contributed by atoms with van der Waals surface area (Å²) in [5, 5.41) is 0. The lowest BCUT2D eigenvalue weighted by Gasteiger charge is -1.88. The molecule has 1 aromatic carbocycles. The van der Waals surface area contributed by atoms with E-state index in [2.05, 4.69) is 16.8 Å². The molecule has 1 heterocycles. The molecule has 17 heavy (non-hydrogen) atoms. The van der Waals surface area contributed by atoms with E-state index < -0.39 is 0 Å². The van der Waals surface area contributed by atoms with Crippen molar-refractivity contribution in [3.63, 3.8) is 0 Å². The van der Waals surface area contributed by atoms with Crippen LogP contribution in [0, 0.1) is 11.8 Å². The third-order valence-electron chi connectivity index (χ3n) is 2.00. The van der Waals surface area contributed by atoms with Gasteiger partial charge in [0.1, 0.15) is 6.54 Å². The van der Waals surface area contributed by atoms with Crippen LogP contribution in [0.3, 0.4) is 0 Å². The average Bonchev–Trinajstić information content (AvgIpc) is 2.76. The second-order valence-electron chi connectivity index (χ2n) is 3.29. The molecule has 0 spiro atoms. The van der Waals surface area contributed by atoms with Crippen LogP contribution in [0.4, 0.5) is 0 Å². The molecule has 0 aliphatic rings.